The zero-order valence-electron chi connectivity index (χ0n) is 13.4. The van der Waals surface area contributed by atoms with Crippen molar-refractivity contribution < 1.29 is 0 Å². The number of anilines is 1. The Bertz CT molecular complexity index is 707. The fourth-order valence-electron chi connectivity index (χ4n) is 2.29. The second-order valence-corrected chi connectivity index (χ2v) is 5.52. The minimum atomic E-state index is 0.809. The minimum Gasteiger partial charge on any atom is -0.356 e. The maximum absolute atomic E-state index is 3.88. The topological polar surface area (TPSA) is 12.0 Å². The van der Waals surface area contributed by atoms with E-state index in [4.69, 9.17) is 0 Å². The summed E-state index contributed by atoms with van der Waals surface area (Å²) in [5, 5.41) is 3.23. The van der Waals surface area contributed by atoms with Crippen molar-refractivity contribution in [2.75, 3.05) is 5.32 Å². The van der Waals surface area contributed by atoms with Gasteiger partial charge in [-0.05, 0) is 55.2 Å². The summed E-state index contributed by atoms with van der Waals surface area (Å²) in [6.07, 6.45) is 4.90. The van der Waals surface area contributed by atoms with Crippen molar-refractivity contribution in [2.24, 2.45) is 0 Å². The average molecular weight is 289 g/mol. The molecule has 0 spiro atoms. The summed E-state index contributed by atoms with van der Waals surface area (Å²) >= 11 is 0. The van der Waals surface area contributed by atoms with Gasteiger partial charge in [-0.1, -0.05) is 61.2 Å². The molecule has 0 amide bonds. The van der Waals surface area contributed by atoms with Gasteiger partial charge in [0.25, 0.3) is 0 Å². The van der Waals surface area contributed by atoms with E-state index in [2.05, 4.69) is 80.9 Å². The maximum Gasteiger partial charge on any atom is 0.0386 e. The fraction of sp³-hybridized carbons (Fsp3) is 0.143. The Morgan fingerprint density at radius 3 is 2.64 bits per heavy atom. The fourth-order valence-corrected chi connectivity index (χ4v) is 2.29. The minimum absolute atomic E-state index is 0.809. The van der Waals surface area contributed by atoms with E-state index in [1.54, 1.807) is 6.08 Å². The van der Waals surface area contributed by atoms with Crippen molar-refractivity contribution in [1.29, 1.82) is 0 Å². The van der Waals surface area contributed by atoms with Crippen LogP contribution in [0.25, 0.3) is 5.57 Å². The molecule has 1 nitrogen and oxygen atoms in total. The predicted molar refractivity (Wildman–Crippen MR) is 97.9 cm³/mol. The van der Waals surface area contributed by atoms with Gasteiger partial charge in [-0.15, -0.1) is 0 Å². The summed E-state index contributed by atoms with van der Waals surface area (Å²) in [7, 11) is 0. The molecule has 0 bridgehead atoms. The summed E-state index contributed by atoms with van der Waals surface area (Å²) in [4.78, 5) is 0. The molecule has 0 aliphatic rings. The normalized spacial score (nSPS) is 11.1. The zero-order valence-corrected chi connectivity index (χ0v) is 13.4. The lowest BCUT2D eigenvalue weighted by Gasteiger charge is -2.08. The van der Waals surface area contributed by atoms with Gasteiger partial charge in [-0.25, -0.2) is 0 Å². The molecule has 0 aromatic heterocycles. The molecule has 0 atom stereocenters. The number of benzene rings is 2. The number of aryl methyl sites for hydroxylation is 1. The lowest BCUT2D eigenvalue weighted by atomic mass is 10.0. The van der Waals surface area contributed by atoms with Gasteiger partial charge in [0.05, 0.1) is 0 Å². The molecule has 0 aliphatic carbocycles. The Morgan fingerprint density at radius 1 is 1.14 bits per heavy atom. The monoisotopic (exact) mass is 289 g/mol. The molecular formula is C21H23N. The van der Waals surface area contributed by atoms with E-state index in [1.807, 2.05) is 6.07 Å². The highest BCUT2D eigenvalue weighted by Crippen LogP contribution is 2.18. The van der Waals surface area contributed by atoms with Crippen LogP contribution in [0.5, 0.6) is 0 Å². The van der Waals surface area contributed by atoms with Crippen LogP contribution in [-0.2, 0) is 6.42 Å². The van der Waals surface area contributed by atoms with Crippen LogP contribution >= 0.6 is 0 Å². The van der Waals surface area contributed by atoms with Crippen LogP contribution in [0.1, 0.15) is 23.6 Å². The Balaban J connectivity index is 2.10. The molecule has 0 fully saturated rings. The number of allylic oxidation sites excluding steroid dienone is 3. The van der Waals surface area contributed by atoms with E-state index in [0.717, 1.165) is 17.8 Å². The molecular weight excluding hydrogens is 266 g/mol. The molecule has 0 radical (unpaired) electrons. The van der Waals surface area contributed by atoms with Crippen molar-refractivity contribution in [3.05, 3.63) is 96.2 Å². The van der Waals surface area contributed by atoms with Crippen LogP contribution in [0.4, 0.5) is 5.69 Å². The summed E-state index contributed by atoms with van der Waals surface area (Å²) in [6.45, 7) is 11.9. The van der Waals surface area contributed by atoms with Gasteiger partial charge in [0.1, 0.15) is 0 Å². The van der Waals surface area contributed by atoms with Gasteiger partial charge < -0.3 is 5.32 Å². The second-order valence-electron chi connectivity index (χ2n) is 5.52. The first-order valence-electron chi connectivity index (χ1n) is 7.49. The van der Waals surface area contributed by atoms with Crippen LogP contribution in [0.3, 0.4) is 0 Å². The number of rotatable bonds is 6. The second kappa shape index (κ2) is 7.46. The van der Waals surface area contributed by atoms with Gasteiger partial charge in [-0.3, -0.25) is 0 Å². The first-order valence-corrected chi connectivity index (χ1v) is 7.49. The molecule has 0 aliphatic heterocycles. The highest BCUT2D eigenvalue weighted by Gasteiger charge is 1.98. The summed E-state index contributed by atoms with van der Waals surface area (Å²) in [5.41, 5.74) is 7.01. The van der Waals surface area contributed by atoms with E-state index >= 15 is 0 Å². The standard InChI is InChI=1S/C21H23N/c1-5-18(4)22-21-11-7-9-19(15-21)13-12-17(3)20-10-6-8-16(2)14-20/h5-12,14-15,22H,1,4,13H2,2-3H3/b17-12+. The third-order valence-corrected chi connectivity index (χ3v) is 3.60. The lowest BCUT2D eigenvalue weighted by molar-refractivity contribution is 1.26. The molecule has 22 heavy (non-hydrogen) atoms. The van der Waals surface area contributed by atoms with Crippen molar-refractivity contribution in [2.45, 2.75) is 20.3 Å². The molecule has 1 N–H and O–H groups in total. The van der Waals surface area contributed by atoms with E-state index in [-0.39, 0.29) is 0 Å². The van der Waals surface area contributed by atoms with Crippen molar-refractivity contribution in [3.63, 3.8) is 0 Å². The molecule has 2 rings (SSSR count). The Kier molecular flexibility index (Phi) is 5.37. The summed E-state index contributed by atoms with van der Waals surface area (Å²) in [6, 6.07) is 17.0. The first kappa shape index (κ1) is 15.8. The smallest absolute Gasteiger partial charge is 0.0386 e. The van der Waals surface area contributed by atoms with Crippen molar-refractivity contribution in [1.82, 2.24) is 0 Å². The van der Waals surface area contributed by atoms with E-state index in [0.29, 0.717) is 0 Å². The number of nitrogens with one attached hydrogen (secondary N) is 1. The molecule has 1 heteroatoms. The SMILES string of the molecule is C=CC(=C)Nc1cccc(C/C=C(\C)c2cccc(C)c2)c1. The predicted octanol–water partition coefficient (Wildman–Crippen LogP) is 5.75. The largest absolute Gasteiger partial charge is 0.356 e. The maximum atomic E-state index is 3.88. The van der Waals surface area contributed by atoms with Crippen LogP contribution in [-0.4, -0.2) is 0 Å². The third kappa shape index (κ3) is 4.49. The van der Waals surface area contributed by atoms with Crippen LogP contribution in [0.15, 0.2) is 79.5 Å². The third-order valence-electron chi connectivity index (χ3n) is 3.60. The van der Waals surface area contributed by atoms with Gasteiger partial charge in [0, 0.05) is 11.4 Å². The molecule has 112 valence electrons. The van der Waals surface area contributed by atoms with E-state index in [9.17, 15) is 0 Å². The average Bonchev–Trinajstić information content (AvgIpc) is 2.53. The van der Waals surface area contributed by atoms with Crippen molar-refractivity contribution in [3.8, 4) is 0 Å². The van der Waals surface area contributed by atoms with Crippen LogP contribution in [0.2, 0.25) is 0 Å². The molecule has 2 aromatic carbocycles. The molecule has 0 saturated carbocycles. The Labute approximate surface area is 133 Å². The molecule has 0 heterocycles. The number of hydrogen-bond donors (Lipinski definition) is 1. The molecule has 2 aromatic rings. The lowest BCUT2D eigenvalue weighted by Crippen LogP contribution is -1.95. The van der Waals surface area contributed by atoms with Gasteiger partial charge >= 0.3 is 0 Å². The number of hydrogen-bond acceptors (Lipinski definition) is 1. The van der Waals surface area contributed by atoms with Crippen LogP contribution in [0, 0.1) is 6.92 Å². The van der Waals surface area contributed by atoms with Crippen LogP contribution < -0.4 is 5.32 Å². The zero-order chi connectivity index (χ0) is 15.9. The molecule has 0 unspecified atom stereocenters. The highest BCUT2D eigenvalue weighted by molar-refractivity contribution is 5.64. The van der Waals surface area contributed by atoms with Crippen molar-refractivity contribution >= 4 is 11.3 Å². The Morgan fingerprint density at radius 2 is 1.91 bits per heavy atom. The Hall–Kier alpha value is -2.54. The quantitative estimate of drug-likeness (QED) is 0.667. The van der Waals surface area contributed by atoms with Gasteiger partial charge in [0.2, 0.25) is 0 Å². The first-order chi connectivity index (χ1) is 10.6. The highest BCUT2D eigenvalue weighted by atomic mass is 14.9. The van der Waals surface area contributed by atoms with E-state index in [1.165, 1.54) is 22.3 Å². The summed E-state index contributed by atoms with van der Waals surface area (Å²) < 4.78 is 0. The van der Waals surface area contributed by atoms with Gasteiger partial charge in [-0.2, -0.15) is 0 Å². The molecule has 0 saturated heterocycles. The van der Waals surface area contributed by atoms with Gasteiger partial charge in [0.15, 0.2) is 0 Å². The van der Waals surface area contributed by atoms with E-state index < -0.39 is 0 Å². The summed E-state index contributed by atoms with van der Waals surface area (Å²) in [5.74, 6) is 0.